The van der Waals surface area contributed by atoms with Crippen LogP contribution in [0.25, 0.3) is 0 Å². The van der Waals surface area contributed by atoms with Gasteiger partial charge in [-0.1, -0.05) is 99.1 Å². The number of esters is 4. The van der Waals surface area contributed by atoms with Crippen LogP contribution in [0, 0.1) is 0 Å². The third-order valence-electron chi connectivity index (χ3n) is 13.2. The standard InChI is InChI=1S/C70H80N2O12/c1-51(2)67(73)81-47-43-77-39-35-57-15-27-63(28-16-57)71(64-29-17-58(18-30-64)36-40-78-44-48-82-68(74)52(3)4)61-23-11-55(12-24-61)9-10-56-13-25-62(26-14-56)72(65-31-19-59(20-32-65)37-41-79-45-49-83-69(75)53(5)6)66-33-21-60(22-34-66)38-42-80-46-50-84-70(76)54(7)8/h11-34H,1,3,5,7,9-10,35-50H2,2,4,6,8H3. The van der Waals surface area contributed by atoms with Crippen LogP contribution >= 0.6 is 0 Å². The summed E-state index contributed by atoms with van der Waals surface area (Å²) in [5.41, 5.74) is 14.4. The average Bonchev–Trinajstić information content (AvgIpc) is 3.01. The number of ether oxygens (including phenoxy) is 8. The summed E-state index contributed by atoms with van der Waals surface area (Å²) in [5.74, 6) is -1.68. The zero-order valence-corrected chi connectivity index (χ0v) is 49.2. The molecule has 0 bridgehead atoms. The second kappa shape index (κ2) is 34.9. The molecule has 0 N–H and O–H groups in total. The summed E-state index contributed by atoms with van der Waals surface area (Å²) in [6.07, 6.45) is 4.51. The Morgan fingerprint density at radius 1 is 0.262 bits per heavy atom. The molecule has 0 heterocycles. The monoisotopic (exact) mass is 1140 g/mol. The van der Waals surface area contributed by atoms with E-state index >= 15 is 0 Å². The minimum absolute atomic E-state index is 0.179. The van der Waals surface area contributed by atoms with Gasteiger partial charge in [0.15, 0.2) is 0 Å². The van der Waals surface area contributed by atoms with Crippen molar-refractivity contribution in [3.8, 4) is 0 Å². The Bertz CT molecular complexity index is 2710. The molecule has 14 nitrogen and oxygen atoms in total. The van der Waals surface area contributed by atoms with Gasteiger partial charge in [-0.15, -0.1) is 0 Å². The number of benzene rings is 6. The van der Waals surface area contributed by atoms with Crippen LogP contribution in [-0.2, 0) is 95.6 Å². The third-order valence-corrected chi connectivity index (χ3v) is 13.2. The molecule has 84 heavy (non-hydrogen) atoms. The van der Waals surface area contributed by atoms with Crippen molar-refractivity contribution in [2.24, 2.45) is 0 Å². The summed E-state index contributed by atoms with van der Waals surface area (Å²) in [6, 6.07) is 51.4. The van der Waals surface area contributed by atoms with Crippen LogP contribution in [0.4, 0.5) is 34.1 Å². The van der Waals surface area contributed by atoms with E-state index in [1.807, 2.05) is 0 Å². The topological polar surface area (TPSA) is 149 Å². The minimum Gasteiger partial charge on any atom is -0.460 e. The number of rotatable bonds is 37. The fourth-order valence-electron chi connectivity index (χ4n) is 8.49. The molecular formula is C70H80N2O12. The van der Waals surface area contributed by atoms with Crippen molar-refractivity contribution in [1.82, 2.24) is 0 Å². The minimum atomic E-state index is -0.419. The normalized spacial score (nSPS) is 10.9. The van der Waals surface area contributed by atoms with E-state index in [1.54, 1.807) is 27.7 Å². The van der Waals surface area contributed by atoms with Gasteiger partial charge in [-0.25, -0.2) is 19.2 Å². The van der Waals surface area contributed by atoms with Gasteiger partial charge in [0.2, 0.25) is 0 Å². The predicted molar refractivity (Wildman–Crippen MR) is 331 cm³/mol. The van der Waals surface area contributed by atoms with Crippen LogP contribution in [0.5, 0.6) is 0 Å². The quantitative estimate of drug-likeness (QED) is 0.0158. The summed E-state index contributed by atoms with van der Waals surface area (Å²) in [6.45, 7) is 24.8. The number of carbonyl (C=O) groups is 4. The molecule has 0 atom stereocenters. The maximum absolute atomic E-state index is 11.7. The van der Waals surface area contributed by atoms with E-state index in [-0.39, 0.29) is 26.4 Å². The number of anilines is 6. The lowest BCUT2D eigenvalue weighted by molar-refractivity contribution is -0.141. The van der Waals surface area contributed by atoms with Gasteiger partial charge in [-0.05, 0) is 172 Å². The Hall–Kier alpha value is -8.40. The Balaban J connectivity index is 1.11. The number of hydrogen-bond donors (Lipinski definition) is 0. The molecule has 0 spiro atoms. The fraction of sp³-hybridized carbons (Fsp3) is 0.314. The van der Waals surface area contributed by atoms with Gasteiger partial charge in [-0.3, -0.25) is 0 Å². The summed E-state index contributed by atoms with van der Waals surface area (Å²) < 4.78 is 43.6. The van der Waals surface area contributed by atoms with Gasteiger partial charge >= 0.3 is 23.9 Å². The van der Waals surface area contributed by atoms with Gasteiger partial charge in [0.25, 0.3) is 0 Å². The van der Waals surface area contributed by atoms with Crippen LogP contribution in [0.15, 0.2) is 194 Å². The maximum atomic E-state index is 11.7. The SMILES string of the molecule is C=C(C)C(=O)OCCOCCc1ccc(N(c2ccc(CCOCCOC(=O)C(=C)C)cc2)c2ccc(CCc3ccc(N(c4ccc(CCOCCOC(=O)C(=C)C)cc4)c4ccc(CCOCCOC(=O)C(=C)C)cc4)cc3)cc2)cc1. The smallest absolute Gasteiger partial charge is 0.333 e. The number of nitrogens with zero attached hydrogens (tertiary/aromatic N) is 2. The Kier molecular flexibility index (Phi) is 26.9. The van der Waals surface area contributed by atoms with Gasteiger partial charge in [-0.2, -0.15) is 0 Å². The largest absolute Gasteiger partial charge is 0.460 e. The summed E-state index contributed by atoms with van der Waals surface area (Å²) in [7, 11) is 0. The third kappa shape index (κ3) is 22.1. The van der Waals surface area contributed by atoms with Crippen LogP contribution in [0.3, 0.4) is 0 Å². The number of carbonyl (C=O) groups excluding carboxylic acids is 4. The molecule has 0 saturated heterocycles. The molecule has 0 amide bonds. The summed E-state index contributed by atoms with van der Waals surface area (Å²) in [4.78, 5) is 51.3. The lowest BCUT2D eigenvalue weighted by atomic mass is 10.0. The lowest BCUT2D eigenvalue weighted by Gasteiger charge is -2.26. The molecule has 0 radical (unpaired) electrons. The lowest BCUT2D eigenvalue weighted by Crippen LogP contribution is -2.12. The summed E-state index contributed by atoms with van der Waals surface area (Å²) >= 11 is 0. The van der Waals surface area contributed by atoms with E-state index < -0.39 is 23.9 Å². The van der Waals surface area contributed by atoms with E-state index in [0.29, 0.717) is 101 Å². The van der Waals surface area contributed by atoms with Crippen LogP contribution in [0.1, 0.15) is 61.1 Å². The number of hydrogen-bond acceptors (Lipinski definition) is 14. The van der Waals surface area contributed by atoms with Crippen molar-refractivity contribution in [3.05, 3.63) is 228 Å². The molecule has 0 aliphatic rings. The second-order valence-corrected chi connectivity index (χ2v) is 20.3. The highest BCUT2D eigenvalue weighted by Gasteiger charge is 2.16. The Labute approximate surface area is 495 Å². The van der Waals surface area contributed by atoms with Crippen molar-refractivity contribution >= 4 is 58.0 Å². The van der Waals surface area contributed by atoms with Crippen molar-refractivity contribution in [1.29, 1.82) is 0 Å². The van der Waals surface area contributed by atoms with Crippen LogP contribution in [-0.4, -0.2) is 103 Å². The molecule has 0 saturated carbocycles. The van der Waals surface area contributed by atoms with Crippen molar-refractivity contribution in [3.63, 3.8) is 0 Å². The molecule has 0 unspecified atom stereocenters. The molecule has 0 fully saturated rings. The zero-order valence-electron chi connectivity index (χ0n) is 49.2. The molecule has 14 heteroatoms. The van der Waals surface area contributed by atoms with Crippen LogP contribution < -0.4 is 9.80 Å². The van der Waals surface area contributed by atoms with Crippen molar-refractivity contribution in [2.75, 3.05) is 89.1 Å². The number of aryl methyl sites for hydroxylation is 2. The molecule has 6 aromatic rings. The van der Waals surface area contributed by atoms with Crippen molar-refractivity contribution < 1.29 is 57.1 Å². The van der Waals surface area contributed by atoms with Crippen LogP contribution in [0.2, 0.25) is 0 Å². The van der Waals surface area contributed by atoms with E-state index in [0.717, 1.165) is 69.2 Å². The van der Waals surface area contributed by atoms with Gasteiger partial charge in [0, 0.05) is 56.4 Å². The highest BCUT2D eigenvalue weighted by Crippen LogP contribution is 2.37. The fourth-order valence-corrected chi connectivity index (χ4v) is 8.49. The van der Waals surface area contributed by atoms with E-state index in [2.05, 4.69) is 182 Å². The first-order valence-electron chi connectivity index (χ1n) is 28.4. The van der Waals surface area contributed by atoms with Crippen molar-refractivity contribution in [2.45, 2.75) is 66.2 Å². The van der Waals surface area contributed by atoms with Gasteiger partial charge in [0.05, 0.1) is 52.9 Å². The molecule has 0 aliphatic carbocycles. The summed E-state index contributed by atoms with van der Waals surface area (Å²) in [5, 5.41) is 0. The molecule has 6 aromatic carbocycles. The Morgan fingerprint density at radius 3 is 0.595 bits per heavy atom. The highest BCUT2D eigenvalue weighted by molar-refractivity contribution is 5.88. The first-order chi connectivity index (χ1) is 40.6. The molecule has 6 rings (SSSR count). The molecule has 0 aliphatic heterocycles. The first kappa shape index (κ1) is 64.8. The second-order valence-electron chi connectivity index (χ2n) is 20.3. The first-order valence-corrected chi connectivity index (χ1v) is 28.4. The zero-order chi connectivity index (χ0) is 60.1. The highest BCUT2D eigenvalue weighted by atomic mass is 16.6. The molecule has 0 aromatic heterocycles. The average molecular weight is 1140 g/mol. The predicted octanol–water partition coefficient (Wildman–Crippen LogP) is 13.1. The molecular weight excluding hydrogens is 1060 g/mol. The Morgan fingerprint density at radius 2 is 0.429 bits per heavy atom. The van der Waals surface area contributed by atoms with Gasteiger partial charge < -0.3 is 47.7 Å². The maximum Gasteiger partial charge on any atom is 0.333 e. The van der Waals surface area contributed by atoms with Gasteiger partial charge in [0.1, 0.15) is 26.4 Å². The molecule has 442 valence electrons. The van der Waals surface area contributed by atoms with E-state index in [1.165, 1.54) is 11.1 Å². The van der Waals surface area contributed by atoms with E-state index in [4.69, 9.17) is 37.9 Å². The van der Waals surface area contributed by atoms with E-state index in [9.17, 15) is 19.2 Å².